The van der Waals surface area contributed by atoms with E-state index < -0.39 is 18.0 Å². The summed E-state index contributed by atoms with van der Waals surface area (Å²) >= 11 is 0. The van der Waals surface area contributed by atoms with Crippen molar-refractivity contribution >= 4 is 18.0 Å². The first kappa shape index (κ1) is 17.8. The number of aryl methyl sites for hydroxylation is 1. The Morgan fingerprint density at radius 2 is 2.07 bits per heavy atom. The monoisotopic (exact) mass is 378 g/mol. The zero-order valence-electron chi connectivity index (χ0n) is 15.2. The largest absolute Gasteiger partial charge is 0.463 e. The topological polar surface area (TPSA) is 83.6 Å². The lowest BCUT2D eigenvalue weighted by atomic mass is 10.2. The summed E-state index contributed by atoms with van der Waals surface area (Å²) in [6.07, 6.45) is 4.22. The second-order valence-electron chi connectivity index (χ2n) is 6.34. The zero-order chi connectivity index (χ0) is 19.5. The van der Waals surface area contributed by atoms with Crippen LogP contribution in [0.4, 0.5) is 0 Å². The third kappa shape index (κ3) is 3.73. The van der Waals surface area contributed by atoms with Crippen LogP contribution in [0.15, 0.2) is 59.2 Å². The van der Waals surface area contributed by atoms with Crippen LogP contribution in [0, 0.1) is 6.92 Å². The number of benzene rings is 1. The van der Waals surface area contributed by atoms with Crippen LogP contribution in [0.2, 0.25) is 0 Å². The maximum absolute atomic E-state index is 12.1. The number of rotatable bonds is 5. The maximum Gasteiger partial charge on any atom is 0.347 e. The number of cyclic esters (lactones) is 1. The highest BCUT2D eigenvalue weighted by atomic mass is 16.6. The lowest BCUT2D eigenvalue weighted by molar-refractivity contribution is -0.156. The third-order valence-corrected chi connectivity index (χ3v) is 4.28. The number of esters is 2. The second kappa shape index (κ2) is 7.56. The van der Waals surface area contributed by atoms with Crippen LogP contribution in [0.5, 0.6) is 0 Å². The average Bonchev–Trinajstić information content (AvgIpc) is 3.41. The zero-order valence-corrected chi connectivity index (χ0v) is 15.2. The highest BCUT2D eigenvalue weighted by Crippen LogP contribution is 2.26. The summed E-state index contributed by atoms with van der Waals surface area (Å²) in [7, 11) is 0. The van der Waals surface area contributed by atoms with Crippen LogP contribution >= 0.6 is 0 Å². The van der Waals surface area contributed by atoms with Gasteiger partial charge in [-0.2, -0.15) is 5.10 Å². The number of aromatic nitrogens is 2. The van der Waals surface area contributed by atoms with E-state index in [4.69, 9.17) is 13.9 Å². The van der Waals surface area contributed by atoms with Gasteiger partial charge in [0, 0.05) is 24.3 Å². The summed E-state index contributed by atoms with van der Waals surface area (Å²) in [5.74, 6) is 0.237. The van der Waals surface area contributed by atoms with Gasteiger partial charge in [-0.25, -0.2) is 14.3 Å². The smallest absolute Gasteiger partial charge is 0.347 e. The molecule has 1 unspecified atom stereocenters. The molecule has 7 heteroatoms. The predicted molar refractivity (Wildman–Crippen MR) is 100 cm³/mol. The molecule has 0 radical (unpaired) electrons. The molecule has 0 bridgehead atoms. The van der Waals surface area contributed by atoms with E-state index in [1.165, 1.54) is 6.08 Å². The van der Waals surface area contributed by atoms with E-state index in [2.05, 4.69) is 5.10 Å². The van der Waals surface area contributed by atoms with Gasteiger partial charge in [-0.1, -0.05) is 18.2 Å². The van der Waals surface area contributed by atoms with Crippen LogP contribution < -0.4 is 0 Å². The first-order valence-corrected chi connectivity index (χ1v) is 8.87. The molecule has 1 atom stereocenters. The Bertz CT molecular complexity index is 1030. The number of furan rings is 1. The lowest BCUT2D eigenvalue weighted by Gasteiger charge is -2.04. The Labute approximate surface area is 161 Å². The molecule has 0 amide bonds. The van der Waals surface area contributed by atoms with Gasteiger partial charge in [-0.05, 0) is 37.3 Å². The van der Waals surface area contributed by atoms with E-state index in [9.17, 15) is 9.59 Å². The summed E-state index contributed by atoms with van der Waals surface area (Å²) in [5.41, 5.74) is 2.16. The fourth-order valence-corrected chi connectivity index (χ4v) is 2.90. The van der Waals surface area contributed by atoms with Crippen LogP contribution in [0.25, 0.3) is 23.2 Å². The summed E-state index contributed by atoms with van der Waals surface area (Å²) in [4.78, 5) is 23.5. The molecule has 1 aromatic carbocycles. The molecule has 4 rings (SSSR count). The third-order valence-electron chi connectivity index (χ3n) is 4.28. The number of hydrogen-bond acceptors (Lipinski definition) is 6. The minimum atomic E-state index is -0.837. The molecule has 1 saturated heterocycles. The number of para-hydroxylation sites is 1. The molecule has 7 nitrogen and oxygen atoms in total. The molecular formula is C21H18N2O5. The van der Waals surface area contributed by atoms with Gasteiger partial charge in [0.1, 0.15) is 11.5 Å². The average molecular weight is 378 g/mol. The van der Waals surface area contributed by atoms with Crippen LogP contribution in [-0.4, -0.2) is 34.4 Å². The Kier molecular flexibility index (Phi) is 4.80. The molecule has 1 aliphatic rings. The Morgan fingerprint density at radius 3 is 2.75 bits per heavy atom. The Hall–Kier alpha value is -3.61. The highest BCUT2D eigenvalue weighted by Gasteiger charge is 2.29. The summed E-state index contributed by atoms with van der Waals surface area (Å²) < 4.78 is 17.3. The highest BCUT2D eigenvalue weighted by molar-refractivity contribution is 5.90. The van der Waals surface area contributed by atoms with Crippen LogP contribution in [0.3, 0.4) is 0 Å². The number of hydrogen-bond donors (Lipinski definition) is 0. The van der Waals surface area contributed by atoms with Crippen LogP contribution in [-0.2, 0) is 19.1 Å². The van der Waals surface area contributed by atoms with Gasteiger partial charge in [0.05, 0.1) is 12.3 Å². The first-order chi connectivity index (χ1) is 13.6. The number of nitrogens with zero attached hydrogens (tertiary/aromatic N) is 2. The van der Waals surface area contributed by atoms with Gasteiger partial charge >= 0.3 is 11.9 Å². The minimum absolute atomic E-state index is 0.270. The van der Waals surface area contributed by atoms with Gasteiger partial charge in [0.2, 0.25) is 6.10 Å². The molecule has 28 heavy (non-hydrogen) atoms. The molecule has 0 saturated carbocycles. The van der Waals surface area contributed by atoms with E-state index in [1.54, 1.807) is 17.0 Å². The van der Waals surface area contributed by atoms with Gasteiger partial charge in [-0.15, -0.1) is 0 Å². The normalized spacial score (nSPS) is 16.5. The summed E-state index contributed by atoms with van der Waals surface area (Å²) in [5, 5.41) is 4.60. The molecule has 0 N–H and O–H groups in total. The van der Waals surface area contributed by atoms with Gasteiger partial charge in [-0.3, -0.25) is 0 Å². The second-order valence-corrected chi connectivity index (χ2v) is 6.34. The van der Waals surface area contributed by atoms with Crippen molar-refractivity contribution in [2.45, 2.75) is 19.4 Å². The Balaban J connectivity index is 1.62. The van der Waals surface area contributed by atoms with Crippen LogP contribution in [0.1, 0.15) is 17.7 Å². The quantitative estimate of drug-likeness (QED) is 0.500. The summed E-state index contributed by atoms with van der Waals surface area (Å²) in [6, 6.07) is 13.3. The predicted octanol–water partition coefficient (Wildman–Crippen LogP) is 3.31. The lowest BCUT2D eigenvalue weighted by Crippen LogP contribution is -2.21. The van der Waals surface area contributed by atoms with Gasteiger partial charge in [0.15, 0.2) is 5.76 Å². The molecule has 0 aliphatic carbocycles. The molecule has 3 aromatic rings. The number of carbonyl (C=O) groups is 2. The van der Waals surface area contributed by atoms with Gasteiger partial charge in [0.25, 0.3) is 0 Å². The van der Waals surface area contributed by atoms with E-state index >= 15 is 0 Å². The molecule has 1 fully saturated rings. The van der Waals surface area contributed by atoms with Crippen molar-refractivity contribution in [1.82, 2.24) is 9.78 Å². The van der Waals surface area contributed by atoms with E-state index in [0.717, 1.165) is 11.4 Å². The van der Waals surface area contributed by atoms with Crippen molar-refractivity contribution in [1.29, 1.82) is 0 Å². The fourth-order valence-electron chi connectivity index (χ4n) is 2.90. The van der Waals surface area contributed by atoms with Crippen molar-refractivity contribution in [2.24, 2.45) is 0 Å². The van der Waals surface area contributed by atoms with Gasteiger partial charge < -0.3 is 13.9 Å². The molecule has 2 aromatic heterocycles. The van der Waals surface area contributed by atoms with E-state index in [0.29, 0.717) is 23.4 Å². The molecule has 1 aliphatic heterocycles. The summed E-state index contributed by atoms with van der Waals surface area (Å²) in [6.45, 7) is 2.12. The van der Waals surface area contributed by atoms with Crippen molar-refractivity contribution < 1.29 is 23.5 Å². The maximum atomic E-state index is 12.1. The van der Waals surface area contributed by atoms with E-state index in [-0.39, 0.29) is 6.61 Å². The SMILES string of the molecule is Cc1ccc(-c2nn(-c3ccccc3)cc2/C=C/C(=O)OC2CCOC2=O)o1. The molecular weight excluding hydrogens is 360 g/mol. The van der Waals surface area contributed by atoms with E-state index in [1.807, 2.05) is 49.4 Å². The van der Waals surface area contributed by atoms with Crippen molar-refractivity contribution in [3.8, 4) is 17.1 Å². The molecule has 3 heterocycles. The Morgan fingerprint density at radius 1 is 1.25 bits per heavy atom. The fraction of sp³-hybridized carbons (Fsp3) is 0.190. The first-order valence-electron chi connectivity index (χ1n) is 8.87. The van der Waals surface area contributed by atoms with Crippen molar-refractivity contribution in [3.05, 3.63) is 66.1 Å². The number of carbonyl (C=O) groups excluding carboxylic acids is 2. The molecule has 142 valence electrons. The van der Waals surface area contributed by atoms with Crippen molar-refractivity contribution in [3.63, 3.8) is 0 Å². The number of ether oxygens (including phenoxy) is 2. The standard InChI is InChI=1S/C21H18N2O5/c1-14-7-9-17(27-14)20-15(13-23(22-20)16-5-3-2-4-6-16)8-10-19(24)28-18-11-12-26-21(18)25/h2-10,13,18H,11-12H2,1H3/b10-8+. The molecule has 0 spiro atoms. The minimum Gasteiger partial charge on any atom is -0.463 e. The van der Waals surface area contributed by atoms with Crippen molar-refractivity contribution in [2.75, 3.05) is 6.61 Å².